The van der Waals surface area contributed by atoms with Crippen molar-refractivity contribution in [1.82, 2.24) is 0 Å². The molecule has 0 bridgehead atoms. The lowest BCUT2D eigenvalue weighted by molar-refractivity contribution is -0.777. The fraction of sp³-hybridized carbons (Fsp3) is 0. The molecule has 0 saturated heterocycles. The van der Waals surface area contributed by atoms with Crippen LogP contribution < -0.4 is 5.26 Å². The Balaban J connectivity index is 2.19. The van der Waals surface area contributed by atoms with Crippen LogP contribution in [0.2, 0.25) is 0 Å². The molecule has 0 fully saturated rings. The summed E-state index contributed by atoms with van der Waals surface area (Å²) in [6.45, 7) is 0. The van der Waals surface area contributed by atoms with E-state index in [2.05, 4.69) is 9.37 Å². The number of halogens is 1. The fourth-order valence-corrected chi connectivity index (χ4v) is 0.0315. The van der Waals surface area contributed by atoms with Crippen molar-refractivity contribution in [3.8, 4) is 0 Å². The van der Waals surface area contributed by atoms with E-state index >= 15 is 0 Å². The van der Waals surface area contributed by atoms with Crippen LogP contribution in [0.3, 0.4) is 0 Å². The summed E-state index contributed by atoms with van der Waals surface area (Å²) in [4.78, 5) is 0. The van der Waals surface area contributed by atoms with Crippen LogP contribution in [0.15, 0.2) is 0 Å². The second-order valence-electron chi connectivity index (χ2n) is 0.199. The number of rotatable bonds is 2. The monoisotopic (exact) mass is 99.0 g/mol. The van der Waals surface area contributed by atoms with Crippen LogP contribution in [0.25, 0.3) is 0 Å². The lowest BCUT2D eigenvalue weighted by Crippen LogP contribution is -1.99. The van der Waals surface area contributed by atoms with Crippen LogP contribution in [0.1, 0.15) is 0 Å². The quantitative estimate of drug-likeness (QED) is 0.272. The van der Waals surface area contributed by atoms with E-state index in [1.807, 2.05) is 0 Å². The standard InChI is InChI=1S/FHO3S/c1-5-4-3-2/h2H/p-1. The van der Waals surface area contributed by atoms with Gasteiger partial charge in [0.2, 0.25) is 12.4 Å². The van der Waals surface area contributed by atoms with Gasteiger partial charge in [0, 0.05) is 0 Å². The van der Waals surface area contributed by atoms with Crippen LogP contribution in [0, 0.1) is 0 Å². The van der Waals surface area contributed by atoms with Gasteiger partial charge in [-0.15, -0.1) is 8.22 Å². The van der Waals surface area contributed by atoms with Crippen LogP contribution in [0.4, 0.5) is 3.89 Å². The highest BCUT2D eigenvalue weighted by Crippen LogP contribution is 1.98. The maximum absolute atomic E-state index is 10.4. The van der Waals surface area contributed by atoms with Crippen molar-refractivity contribution >= 4 is 12.4 Å². The maximum Gasteiger partial charge on any atom is 0.241 e. The van der Waals surface area contributed by atoms with Gasteiger partial charge in [0.15, 0.2) is 0 Å². The van der Waals surface area contributed by atoms with Crippen molar-refractivity contribution in [1.29, 1.82) is 0 Å². The van der Waals surface area contributed by atoms with Crippen molar-refractivity contribution < 1.29 is 18.5 Å². The summed E-state index contributed by atoms with van der Waals surface area (Å²) in [6.07, 6.45) is 0. The van der Waals surface area contributed by atoms with E-state index < -0.39 is 12.4 Å². The van der Waals surface area contributed by atoms with Gasteiger partial charge < -0.3 is 5.26 Å². The molecule has 3 nitrogen and oxygen atoms in total. The van der Waals surface area contributed by atoms with E-state index in [-0.39, 0.29) is 0 Å². The van der Waals surface area contributed by atoms with Gasteiger partial charge in [0.25, 0.3) is 0 Å². The molecule has 0 aromatic carbocycles. The Morgan fingerprint density at radius 2 is 2.40 bits per heavy atom. The molecule has 0 aliphatic heterocycles. The first-order valence-corrected chi connectivity index (χ1v) is 1.30. The van der Waals surface area contributed by atoms with Gasteiger partial charge in [-0.1, -0.05) is 0 Å². The minimum absolute atomic E-state index is 0.633. The third kappa shape index (κ3) is 4.16. The van der Waals surface area contributed by atoms with Crippen LogP contribution in [0.5, 0.6) is 0 Å². The van der Waals surface area contributed by atoms with Gasteiger partial charge in [-0.2, -0.15) is 0 Å². The molecule has 0 aliphatic rings. The van der Waals surface area contributed by atoms with E-state index in [1.165, 1.54) is 0 Å². The van der Waals surface area contributed by atoms with Crippen LogP contribution >= 0.6 is 12.4 Å². The molecule has 0 aromatic rings. The van der Waals surface area contributed by atoms with E-state index in [0.29, 0.717) is 0 Å². The summed E-state index contributed by atoms with van der Waals surface area (Å²) in [7, 11) is 0. The summed E-state index contributed by atoms with van der Waals surface area (Å²) in [5.41, 5.74) is 0. The van der Waals surface area contributed by atoms with Gasteiger partial charge in [0.05, 0.1) is 0 Å². The Morgan fingerprint density at radius 3 is 2.40 bits per heavy atom. The lowest BCUT2D eigenvalue weighted by atomic mass is 14.6. The van der Waals surface area contributed by atoms with Gasteiger partial charge in [0.1, 0.15) is 0 Å². The molecule has 0 rings (SSSR count). The predicted molar refractivity (Wildman–Crippen MR) is 10.9 cm³/mol. The Kier molecular flexibility index (Phi) is 4.29. The minimum atomic E-state index is -0.633. The molecule has 0 radical (unpaired) electrons. The normalized spacial score (nSPS) is 8.40. The van der Waals surface area contributed by atoms with E-state index in [1.54, 1.807) is 0 Å². The Labute approximate surface area is 32.0 Å². The molecule has 0 spiro atoms. The van der Waals surface area contributed by atoms with Crippen molar-refractivity contribution in [2.45, 2.75) is 0 Å². The van der Waals surface area contributed by atoms with E-state index in [0.717, 1.165) is 0 Å². The molecule has 0 atom stereocenters. The highest BCUT2D eigenvalue weighted by molar-refractivity contribution is 7.89. The third-order valence-electron chi connectivity index (χ3n) is 0.0535. The molecule has 5 heteroatoms. The molecule has 0 amide bonds. The van der Waals surface area contributed by atoms with Crippen molar-refractivity contribution in [2.24, 2.45) is 0 Å². The molecule has 0 saturated carbocycles. The highest BCUT2D eigenvalue weighted by Gasteiger charge is 1.67. The van der Waals surface area contributed by atoms with E-state index in [9.17, 15) is 3.89 Å². The number of hydrogen-bond acceptors (Lipinski definition) is 4. The zero-order valence-electron chi connectivity index (χ0n) is 2.01. The molecule has 32 valence electrons. The van der Waals surface area contributed by atoms with Gasteiger partial charge in [-0.05, 0) is 0 Å². The Bertz CT molecular complexity index is 14.4. The van der Waals surface area contributed by atoms with Crippen LogP contribution in [-0.2, 0) is 9.37 Å². The van der Waals surface area contributed by atoms with E-state index in [4.69, 9.17) is 5.26 Å². The largest absolute Gasteiger partial charge is 0.691 e. The van der Waals surface area contributed by atoms with Crippen molar-refractivity contribution in [2.75, 3.05) is 0 Å². The second-order valence-corrected chi connectivity index (χ2v) is 0.461. The first-order valence-electron chi connectivity index (χ1n) is 0.654. The lowest BCUT2D eigenvalue weighted by Gasteiger charge is -1.93. The Hall–Kier alpha value is 0.160. The maximum atomic E-state index is 10.4. The zero-order chi connectivity index (χ0) is 4.12. The number of hydrogen-bond donors (Lipinski definition) is 0. The fourth-order valence-electron chi connectivity index (χ4n) is 0.0105. The molecular weight excluding hydrogens is 99.1 g/mol. The topological polar surface area (TPSA) is 41.5 Å². The molecule has 0 aromatic heterocycles. The summed E-state index contributed by atoms with van der Waals surface area (Å²) in [6, 6.07) is 0. The smallest absolute Gasteiger partial charge is 0.241 e. The first-order chi connectivity index (χ1) is 2.41. The second kappa shape index (κ2) is 4.16. The summed E-state index contributed by atoms with van der Waals surface area (Å²) in [5, 5.41) is 11.1. The third-order valence-corrected chi connectivity index (χ3v) is 0.160. The van der Waals surface area contributed by atoms with Gasteiger partial charge in [-0.25, -0.2) is 0 Å². The highest BCUT2D eigenvalue weighted by atomic mass is 32.2. The minimum Gasteiger partial charge on any atom is -0.691 e. The molecular formula is FO3S-. The summed E-state index contributed by atoms with van der Waals surface area (Å²) in [5.74, 6) is 0. The van der Waals surface area contributed by atoms with Crippen LogP contribution in [-0.4, -0.2) is 0 Å². The zero-order valence-corrected chi connectivity index (χ0v) is 2.83. The average Bonchev–Trinajstić information content (AvgIpc) is 1.41. The predicted octanol–water partition coefficient (Wildman–Crippen LogP) is -0.257. The summed E-state index contributed by atoms with van der Waals surface area (Å²) >= 11 is -0.633. The molecule has 0 unspecified atom stereocenters. The van der Waals surface area contributed by atoms with Gasteiger partial charge >= 0.3 is 0 Å². The SMILES string of the molecule is [O-]OOSF. The average molecular weight is 99.1 g/mol. The molecule has 5 heavy (non-hydrogen) atoms. The molecule has 0 N–H and O–H groups in total. The first kappa shape index (κ1) is 5.16. The Morgan fingerprint density at radius 1 is 1.80 bits per heavy atom. The summed E-state index contributed by atoms with van der Waals surface area (Å²) < 4.78 is 13.4. The molecule has 0 heterocycles. The van der Waals surface area contributed by atoms with Crippen molar-refractivity contribution in [3.63, 3.8) is 0 Å². The van der Waals surface area contributed by atoms with Gasteiger partial charge in [-0.3, -0.25) is 5.04 Å². The van der Waals surface area contributed by atoms with Crippen molar-refractivity contribution in [3.05, 3.63) is 0 Å². The molecule has 0 aliphatic carbocycles.